The SMILES string of the molecule is CC(O)c1cccnc1Oc1cc(F)cc(F)c1. The van der Waals surface area contributed by atoms with Crippen LogP contribution in [0.25, 0.3) is 0 Å². The van der Waals surface area contributed by atoms with E-state index in [4.69, 9.17) is 4.74 Å². The lowest BCUT2D eigenvalue weighted by atomic mass is 10.2. The molecule has 1 atom stereocenters. The van der Waals surface area contributed by atoms with E-state index < -0.39 is 17.7 Å². The number of rotatable bonds is 3. The Morgan fingerprint density at radius 2 is 1.89 bits per heavy atom. The minimum absolute atomic E-state index is 0.00639. The molecule has 0 saturated heterocycles. The Balaban J connectivity index is 2.34. The molecule has 94 valence electrons. The van der Waals surface area contributed by atoms with Gasteiger partial charge in [0.25, 0.3) is 0 Å². The lowest BCUT2D eigenvalue weighted by molar-refractivity contribution is 0.194. The van der Waals surface area contributed by atoms with Gasteiger partial charge in [0, 0.05) is 30.0 Å². The molecule has 3 nitrogen and oxygen atoms in total. The molecule has 1 N–H and O–H groups in total. The van der Waals surface area contributed by atoms with Crippen LogP contribution in [0.3, 0.4) is 0 Å². The topological polar surface area (TPSA) is 42.4 Å². The molecule has 1 unspecified atom stereocenters. The van der Waals surface area contributed by atoms with Crippen molar-refractivity contribution in [3.63, 3.8) is 0 Å². The third kappa shape index (κ3) is 2.81. The van der Waals surface area contributed by atoms with Crippen LogP contribution >= 0.6 is 0 Å². The quantitative estimate of drug-likeness (QED) is 0.910. The molecule has 0 fully saturated rings. The first kappa shape index (κ1) is 12.4. The summed E-state index contributed by atoms with van der Waals surface area (Å²) < 4.78 is 31.3. The zero-order valence-corrected chi connectivity index (χ0v) is 9.60. The van der Waals surface area contributed by atoms with Crippen molar-refractivity contribution in [2.45, 2.75) is 13.0 Å². The molecule has 18 heavy (non-hydrogen) atoms. The third-order valence-electron chi connectivity index (χ3n) is 2.30. The van der Waals surface area contributed by atoms with Gasteiger partial charge in [-0.2, -0.15) is 0 Å². The highest BCUT2D eigenvalue weighted by Gasteiger charge is 2.11. The number of pyridine rings is 1. The molecular weight excluding hydrogens is 240 g/mol. The minimum Gasteiger partial charge on any atom is -0.438 e. The van der Waals surface area contributed by atoms with Crippen LogP contribution in [0.15, 0.2) is 36.5 Å². The molecule has 0 bridgehead atoms. The molecule has 0 aliphatic carbocycles. The van der Waals surface area contributed by atoms with Crippen LogP contribution in [0.2, 0.25) is 0 Å². The van der Waals surface area contributed by atoms with E-state index in [9.17, 15) is 13.9 Å². The number of aliphatic hydroxyl groups excluding tert-OH is 1. The maximum Gasteiger partial charge on any atom is 0.225 e. The predicted molar refractivity (Wildman–Crippen MR) is 61.3 cm³/mol. The maximum absolute atomic E-state index is 13.0. The van der Waals surface area contributed by atoms with E-state index >= 15 is 0 Å². The average Bonchev–Trinajstić information content (AvgIpc) is 2.27. The van der Waals surface area contributed by atoms with Gasteiger partial charge in [0.1, 0.15) is 17.4 Å². The van der Waals surface area contributed by atoms with Gasteiger partial charge in [-0.3, -0.25) is 0 Å². The van der Waals surface area contributed by atoms with Gasteiger partial charge < -0.3 is 9.84 Å². The fourth-order valence-corrected chi connectivity index (χ4v) is 1.51. The second-order valence-electron chi connectivity index (χ2n) is 3.78. The first-order chi connectivity index (χ1) is 8.56. The van der Waals surface area contributed by atoms with Gasteiger partial charge in [0.15, 0.2) is 0 Å². The Morgan fingerprint density at radius 3 is 2.50 bits per heavy atom. The smallest absolute Gasteiger partial charge is 0.225 e. The van der Waals surface area contributed by atoms with Crippen molar-refractivity contribution >= 4 is 0 Å². The Labute approximate surface area is 103 Å². The average molecular weight is 251 g/mol. The summed E-state index contributed by atoms with van der Waals surface area (Å²) in [7, 11) is 0. The van der Waals surface area contributed by atoms with Gasteiger partial charge in [-0.1, -0.05) is 0 Å². The second kappa shape index (κ2) is 5.10. The fourth-order valence-electron chi connectivity index (χ4n) is 1.51. The number of aromatic nitrogens is 1. The lowest BCUT2D eigenvalue weighted by Gasteiger charge is -2.11. The summed E-state index contributed by atoms with van der Waals surface area (Å²) in [5.74, 6) is -1.36. The van der Waals surface area contributed by atoms with E-state index in [0.29, 0.717) is 5.56 Å². The summed E-state index contributed by atoms with van der Waals surface area (Å²) in [5.41, 5.74) is 0.446. The van der Waals surface area contributed by atoms with Crippen molar-refractivity contribution in [3.05, 3.63) is 53.7 Å². The number of benzene rings is 1. The van der Waals surface area contributed by atoms with Crippen LogP contribution in [-0.2, 0) is 0 Å². The van der Waals surface area contributed by atoms with Crippen LogP contribution in [0.1, 0.15) is 18.6 Å². The zero-order chi connectivity index (χ0) is 13.1. The van der Waals surface area contributed by atoms with Gasteiger partial charge in [0.05, 0.1) is 6.10 Å². The summed E-state index contributed by atoms with van der Waals surface area (Å²) in [6.07, 6.45) is 0.684. The molecule has 2 aromatic rings. The van der Waals surface area contributed by atoms with E-state index in [1.54, 1.807) is 19.1 Å². The normalized spacial score (nSPS) is 12.2. The highest BCUT2D eigenvalue weighted by molar-refractivity contribution is 5.33. The first-order valence-corrected chi connectivity index (χ1v) is 5.33. The van der Waals surface area contributed by atoms with Crippen LogP contribution in [0.5, 0.6) is 11.6 Å². The van der Waals surface area contributed by atoms with Crippen molar-refractivity contribution in [3.8, 4) is 11.6 Å². The molecule has 1 aromatic carbocycles. The Kier molecular flexibility index (Phi) is 3.53. The lowest BCUT2D eigenvalue weighted by Crippen LogP contribution is -1.98. The van der Waals surface area contributed by atoms with Gasteiger partial charge in [-0.05, 0) is 19.1 Å². The number of halogens is 2. The molecule has 0 saturated carbocycles. The van der Waals surface area contributed by atoms with Crippen LogP contribution in [0.4, 0.5) is 8.78 Å². The fraction of sp³-hybridized carbons (Fsp3) is 0.154. The standard InChI is InChI=1S/C13H11F2NO2/c1-8(17)12-3-2-4-16-13(12)18-11-6-9(14)5-10(15)7-11/h2-8,17H,1H3. The summed E-state index contributed by atoms with van der Waals surface area (Å²) in [5, 5.41) is 9.52. The molecule has 0 aliphatic heterocycles. The van der Waals surface area contributed by atoms with Gasteiger partial charge in [-0.25, -0.2) is 13.8 Å². The van der Waals surface area contributed by atoms with E-state index in [1.165, 1.54) is 6.20 Å². The minimum atomic E-state index is -0.785. The highest BCUT2D eigenvalue weighted by atomic mass is 19.1. The van der Waals surface area contributed by atoms with E-state index in [2.05, 4.69) is 4.98 Å². The van der Waals surface area contributed by atoms with Gasteiger partial charge >= 0.3 is 0 Å². The van der Waals surface area contributed by atoms with Crippen molar-refractivity contribution in [1.82, 2.24) is 4.98 Å². The monoisotopic (exact) mass is 251 g/mol. The largest absolute Gasteiger partial charge is 0.438 e. The molecule has 0 aliphatic rings. The van der Waals surface area contributed by atoms with Crippen LogP contribution in [0, 0.1) is 11.6 Å². The Morgan fingerprint density at radius 1 is 1.22 bits per heavy atom. The maximum atomic E-state index is 13.0. The summed E-state index contributed by atoms with van der Waals surface area (Å²) >= 11 is 0. The number of hydrogen-bond donors (Lipinski definition) is 1. The summed E-state index contributed by atoms with van der Waals surface area (Å²) in [6, 6.07) is 6.11. The Hall–Kier alpha value is -2.01. The molecule has 1 heterocycles. The number of hydrogen-bond acceptors (Lipinski definition) is 3. The molecule has 1 aromatic heterocycles. The van der Waals surface area contributed by atoms with Crippen molar-refractivity contribution in [2.75, 3.05) is 0 Å². The highest BCUT2D eigenvalue weighted by Crippen LogP contribution is 2.27. The zero-order valence-electron chi connectivity index (χ0n) is 9.60. The van der Waals surface area contributed by atoms with Crippen molar-refractivity contribution in [2.24, 2.45) is 0 Å². The number of ether oxygens (including phenoxy) is 1. The van der Waals surface area contributed by atoms with Crippen molar-refractivity contribution < 1.29 is 18.6 Å². The van der Waals surface area contributed by atoms with E-state index in [0.717, 1.165) is 18.2 Å². The van der Waals surface area contributed by atoms with E-state index in [1.807, 2.05) is 0 Å². The third-order valence-corrected chi connectivity index (χ3v) is 2.30. The molecule has 0 radical (unpaired) electrons. The van der Waals surface area contributed by atoms with Crippen molar-refractivity contribution in [1.29, 1.82) is 0 Å². The Bertz CT molecular complexity index is 538. The number of aliphatic hydroxyl groups is 1. The molecule has 2 rings (SSSR count). The van der Waals surface area contributed by atoms with Crippen LogP contribution < -0.4 is 4.74 Å². The van der Waals surface area contributed by atoms with Crippen LogP contribution in [-0.4, -0.2) is 10.1 Å². The van der Waals surface area contributed by atoms with Gasteiger partial charge in [-0.15, -0.1) is 0 Å². The first-order valence-electron chi connectivity index (χ1n) is 5.33. The molecule has 0 amide bonds. The van der Waals surface area contributed by atoms with Gasteiger partial charge in [0.2, 0.25) is 5.88 Å². The summed E-state index contributed by atoms with van der Waals surface area (Å²) in [4.78, 5) is 3.93. The predicted octanol–water partition coefficient (Wildman–Crippen LogP) is 3.21. The number of nitrogens with zero attached hydrogens (tertiary/aromatic N) is 1. The molecular formula is C13H11F2NO2. The second-order valence-corrected chi connectivity index (χ2v) is 3.78. The molecule has 0 spiro atoms. The summed E-state index contributed by atoms with van der Waals surface area (Å²) in [6.45, 7) is 1.55. The molecule has 5 heteroatoms. The van der Waals surface area contributed by atoms with E-state index in [-0.39, 0.29) is 11.6 Å².